The lowest BCUT2D eigenvalue weighted by Gasteiger charge is -2.05. The van der Waals surface area contributed by atoms with Crippen molar-refractivity contribution in [1.82, 2.24) is 14.8 Å². The van der Waals surface area contributed by atoms with Gasteiger partial charge in [-0.15, -0.1) is 0 Å². The molecule has 0 fully saturated rings. The van der Waals surface area contributed by atoms with Crippen LogP contribution < -0.4 is 5.69 Å². The van der Waals surface area contributed by atoms with Crippen molar-refractivity contribution in [3.63, 3.8) is 0 Å². The molecule has 0 aromatic carbocycles. The first kappa shape index (κ1) is 8.00. The third kappa shape index (κ3) is 1.32. The van der Waals surface area contributed by atoms with E-state index in [-0.39, 0.29) is 18.3 Å². The SMILES string of the molecule is CC(C)n1c(CO)n[nH]c1=O. The van der Waals surface area contributed by atoms with E-state index in [4.69, 9.17) is 5.11 Å². The van der Waals surface area contributed by atoms with Gasteiger partial charge in [0.25, 0.3) is 0 Å². The summed E-state index contributed by atoms with van der Waals surface area (Å²) < 4.78 is 1.42. The molecule has 0 amide bonds. The van der Waals surface area contributed by atoms with Crippen LogP contribution in [0.2, 0.25) is 0 Å². The van der Waals surface area contributed by atoms with Gasteiger partial charge in [-0.05, 0) is 13.8 Å². The molecule has 2 N–H and O–H groups in total. The molecule has 0 aliphatic heterocycles. The highest BCUT2D eigenvalue weighted by molar-refractivity contribution is 4.85. The summed E-state index contributed by atoms with van der Waals surface area (Å²) >= 11 is 0. The van der Waals surface area contributed by atoms with Gasteiger partial charge in [0.05, 0.1) is 0 Å². The van der Waals surface area contributed by atoms with Crippen molar-refractivity contribution in [2.24, 2.45) is 0 Å². The van der Waals surface area contributed by atoms with Gasteiger partial charge in [-0.3, -0.25) is 4.57 Å². The van der Waals surface area contributed by atoms with E-state index in [1.165, 1.54) is 4.57 Å². The smallest absolute Gasteiger partial charge is 0.343 e. The largest absolute Gasteiger partial charge is 0.388 e. The van der Waals surface area contributed by atoms with Gasteiger partial charge in [0.2, 0.25) is 0 Å². The van der Waals surface area contributed by atoms with E-state index < -0.39 is 0 Å². The third-order valence-electron chi connectivity index (χ3n) is 1.44. The molecule has 62 valence electrons. The first-order valence-electron chi connectivity index (χ1n) is 3.43. The van der Waals surface area contributed by atoms with Gasteiger partial charge in [-0.2, -0.15) is 5.10 Å². The van der Waals surface area contributed by atoms with E-state index in [2.05, 4.69) is 10.2 Å². The van der Waals surface area contributed by atoms with Crippen LogP contribution in [0.5, 0.6) is 0 Å². The Labute approximate surface area is 63.7 Å². The lowest BCUT2D eigenvalue weighted by atomic mass is 10.4. The fraction of sp³-hybridized carbons (Fsp3) is 0.667. The van der Waals surface area contributed by atoms with E-state index in [0.717, 1.165) is 0 Å². The molecule has 0 bridgehead atoms. The van der Waals surface area contributed by atoms with Crippen LogP contribution in [0.3, 0.4) is 0 Å². The summed E-state index contributed by atoms with van der Waals surface area (Å²) in [4.78, 5) is 11.0. The van der Waals surface area contributed by atoms with Gasteiger partial charge in [0.1, 0.15) is 6.61 Å². The van der Waals surface area contributed by atoms with E-state index in [1.54, 1.807) is 0 Å². The number of rotatable bonds is 2. The molecule has 0 spiro atoms. The average Bonchev–Trinajstić information content (AvgIpc) is 2.30. The molecule has 11 heavy (non-hydrogen) atoms. The van der Waals surface area contributed by atoms with Gasteiger partial charge in [0, 0.05) is 6.04 Å². The van der Waals surface area contributed by atoms with Crippen LogP contribution in [-0.2, 0) is 6.61 Å². The normalized spacial score (nSPS) is 10.9. The molecule has 0 saturated carbocycles. The maximum absolute atomic E-state index is 11.0. The average molecular weight is 157 g/mol. The molecule has 0 aliphatic carbocycles. The Morgan fingerprint density at radius 2 is 2.36 bits per heavy atom. The highest BCUT2D eigenvalue weighted by Crippen LogP contribution is 2.01. The number of nitrogens with zero attached hydrogens (tertiary/aromatic N) is 2. The lowest BCUT2D eigenvalue weighted by molar-refractivity contribution is 0.261. The maximum Gasteiger partial charge on any atom is 0.343 e. The van der Waals surface area contributed by atoms with Crippen molar-refractivity contribution in [1.29, 1.82) is 0 Å². The minimum Gasteiger partial charge on any atom is -0.388 e. The van der Waals surface area contributed by atoms with Crippen LogP contribution in [-0.4, -0.2) is 19.9 Å². The molecular weight excluding hydrogens is 146 g/mol. The molecule has 1 aromatic heterocycles. The third-order valence-corrected chi connectivity index (χ3v) is 1.44. The Morgan fingerprint density at radius 1 is 1.73 bits per heavy atom. The van der Waals surface area contributed by atoms with Crippen molar-refractivity contribution >= 4 is 0 Å². The predicted octanol–water partition coefficient (Wildman–Crippen LogP) is -0.355. The second kappa shape index (κ2) is 2.87. The minimum absolute atomic E-state index is 0.0309. The summed E-state index contributed by atoms with van der Waals surface area (Å²) in [6.45, 7) is 3.50. The number of hydrogen-bond acceptors (Lipinski definition) is 3. The molecule has 5 nitrogen and oxygen atoms in total. The molecule has 0 unspecified atom stereocenters. The van der Waals surface area contributed by atoms with E-state index >= 15 is 0 Å². The minimum atomic E-state index is -0.274. The number of aliphatic hydroxyl groups excluding tert-OH is 1. The summed E-state index contributed by atoms with van der Waals surface area (Å²) in [5.41, 5.74) is -0.274. The molecule has 0 aliphatic rings. The van der Waals surface area contributed by atoms with Crippen molar-refractivity contribution in [3.8, 4) is 0 Å². The molecule has 5 heteroatoms. The fourth-order valence-corrected chi connectivity index (χ4v) is 0.981. The van der Waals surface area contributed by atoms with Crippen LogP contribution in [0, 0.1) is 0 Å². The fourth-order valence-electron chi connectivity index (χ4n) is 0.981. The maximum atomic E-state index is 11.0. The van der Waals surface area contributed by atoms with Crippen LogP contribution in [0.25, 0.3) is 0 Å². The van der Waals surface area contributed by atoms with E-state index in [0.29, 0.717) is 5.82 Å². The zero-order valence-electron chi connectivity index (χ0n) is 6.53. The molecule has 1 heterocycles. The zero-order chi connectivity index (χ0) is 8.43. The summed E-state index contributed by atoms with van der Waals surface area (Å²) in [6, 6.07) is 0.0309. The van der Waals surface area contributed by atoms with Crippen molar-refractivity contribution in [2.75, 3.05) is 0 Å². The second-order valence-electron chi connectivity index (χ2n) is 2.57. The number of H-pyrrole nitrogens is 1. The lowest BCUT2D eigenvalue weighted by Crippen LogP contribution is -2.20. The van der Waals surface area contributed by atoms with Gasteiger partial charge >= 0.3 is 5.69 Å². The summed E-state index contributed by atoms with van der Waals surface area (Å²) in [5.74, 6) is 0.380. The number of aromatic amines is 1. The van der Waals surface area contributed by atoms with Gasteiger partial charge in [-0.25, -0.2) is 9.89 Å². The molecular formula is C6H11N3O2. The standard InChI is InChI=1S/C6H11N3O2/c1-4(2)9-5(3-10)7-8-6(9)11/h4,10H,3H2,1-2H3,(H,8,11). The Morgan fingerprint density at radius 3 is 2.73 bits per heavy atom. The highest BCUT2D eigenvalue weighted by atomic mass is 16.3. The van der Waals surface area contributed by atoms with E-state index in [1.807, 2.05) is 13.8 Å². The number of aliphatic hydroxyl groups is 1. The van der Waals surface area contributed by atoms with Crippen LogP contribution in [0.4, 0.5) is 0 Å². The van der Waals surface area contributed by atoms with Crippen LogP contribution in [0.1, 0.15) is 25.7 Å². The summed E-state index contributed by atoms with van der Waals surface area (Å²) in [6.07, 6.45) is 0. The second-order valence-corrected chi connectivity index (χ2v) is 2.57. The zero-order valence-corrected chi connectivity index (χ0v) is 6.53. The molecule has 1 rings (SSSR count). The molecule has 0 radical (unpaired) electrons. The van der Waals surface area contributed by atoms with Crippen molar-refractivity contribution < 1.29 is 5.11 Å². The number of hydrogen-bond donors (Lipinski definition) is 2. The first-order chi connectivity index (χ1) is 5.16. The Bertz CT molecular complexity index is 286. The Balaban J connectivity index is 3.18. The molecule has 0 atom stereocenters. The number of aromatic nitrogens is 3. The van der Waals surface area contributed by atoms with Gasteiger partial charge in [-0.1, -0.05) is 0 Å². The quantitative estimate of drug-likeness (QED) is 0.616. The van der Waals surface area contributed by atoms with Gasteiger partial charge < -0.3 is 5.11 Å². The van der Waals surface area contributed by atoms with Gasteiger partial charge in [0.15, 0.2) is 5.82 Å². The van der Waals surface area contributed by atoms with Crippen molar-refractivity contribution in [3.05, 3.63) is 16.3 Å². The first-order valence-corrected chi connectivity index (χ1v) is 3.43. The topological polar surface area (TPSA) is 70.9 Å². The monoisotopic (exact) mass is 157 g/mol. The highest BCUT2D eigenvalue weighted by Gasteiger charge is 2.08. The summed E-state index contributed by atoms with van der Waals surface area (Å²) in [7, 11) is 0. The van der Waals surface area contributed by atoms with Crippen molar-refractivity contribution in [2.45, 2.75) is 26.5 Å². The molecule has 1 aromatic rings. The predicted molar refractivity (Wildman–Crippen MR) is 39.2 cm³/mol. The van der Waals surface area contributed by atoms with E-state index in [9.17, 15) is 4.79 Å². The molecule has 0 saturated heterocycles. The van der Waals surface area contributed by atoms with Crippen LogP contribution in [0.15, 0.2) is 4.79 Å². The Kier molecular flexibility index (Phi) is 2.09. The number of nitrogens with one attached hydrogen (secondary N) is 1. The van der Waals surface area contributed by atoms with Crippen LogP contribution >= 0.6 is 0 Å². The Hall–Kier alpha value is -1.10. The summed E-state index contributed by atoms with van der Waals surface area (Å²) in [5, 5.41) is 14.6.